The van der Waals surface area contributed by atoms with Crippen molar-refractivity contribution in [3.8, 4) is 5.75 Å². The molecule has 4 aromatic rings. The Kier molecular flexibility index (Phi) is 6.43. The standard InChI is InChI=1S/C23H20ClN3O4S/c1-14-18-10-20(32-22(18)27(26-14)11-16-6-2-3-8-19(16)24)23(29)31-12-15-5-4-7-17(9-15)30-13-21(25)28/h2-10H,11-13H2,1H3,(H2,25,28). The summed E-state index contributed by atoms with van der Waals surface area (Å²) in [5.41, 5.74) is 7.62. The summed E-state index contributed by atoms with van der Waals surface area (Å²) in [4.78, 5) is 24.9. The van der Waals surface area contributed by atoms with Gasteiger partial charge < -0.3 is 15.2 Å². The zero-order valence-corrected chi connectivity index (χ0v) is 18.8. The molecule has 0 atom stereocenters. The van der Waals surface area contributed by atoms with E-state index in [0.29, 0.717) is 22.2 Å². The number of primary amides is 1. The van der Waals surface area contributed by atoms with Crippen molar-refractivity contribution in [1.82, 2.24) is 9.78 Å². The molecule has 7 nitrogen and oxygen atoms in total. The molecular weight excluding hydrogens is 450 g/mol. The fourth-order valence-corrected chi connectivity index (χ4v) is 4.46. The second-order valence-electron chi connectivity index (χ2n) is 7.14. The fourth-order valence-electron chi connectivity index (χ4n) is 3.21. The number of amides is 1. The Bertz CT molecular complexity index is 1300. The number of carbonyl (C=O) groups excluding carboxylic acids is 2. The van der Waals surface area contributed by atoms with Crippen LogP contribution in [-0.2, 0) is 22.7 Å². The first kappa shape index (κ1) is 21.9. The molecule has 2 heterocycles. The predicted molar refractivity (Wildman–Crippen MR) is 123 cm³/mol. The molecule has 4 rings (SSSR count). The Morgan fingerprint density at radius 1 is 1.16 bits per heavy atom. The number of fused-ring (bicyclic) bond motifs is 1. The second-order valence-corrected chi connectivity index (χ2v) is 8.58. The van der Waals surface area contributed by atoms with Gasteiger partial charge in [-0.3, -0.25) is 9.48 Å². The Morgan fingerprint density at radius 3 is 2.75 bits per heavy atom. The van der Waals surface area contributed by atoms with E-state index in [1.54, 1.807) is 30.3 Å². The van der Waals surface area contributed by atoms with Gasteiger partial charge in [0.05, 0.1) is 12.2 Å². The lowest BCUT2D eigenvalue weighted by atomic mass is 10.2. The average molecular weight is 470 g/mol. The molecule has 32 heavy (non-hydrogen) atoms. The van der Waals surface area contributed by atoms with Gasteiger partial charge in [-0.05, 0) is 42.3 Å². The Morgan fingerprint density at radius 2 is 1.97 bits per heavy atom. The third-order valence-corrected chi connectivity index (χ3v) is 6.23. The van der Waals surface area contributed by atoms with E-state index in [4.69, 9.17) is 26.8 Å². The van der Waals surface area contributed by atoms with Gasteiger partial charge >= 0.3 is 5.97 Å². The molecule has 0 unspecified atom stereocenters. The van der Waals surface area contributed by atoms with Gasteiger partial charge in [-0.1, -0.05) is 41.9 Å². The number of nitrogens with zero attached hydrogens (tertiary/aromatic N) is 2. The molecule has 0 radical (unpaired) electrons. The molecule has 0 bridgehead atoms. The van der Waals surface area contributed by atoms with Crippen molar-refractivity contribution in [2.24, 2.45) is 5.73 Å². The lowest BCUT2D eigenvalue weighted by Crippen LogP contribution is -2.20. The summed E-state index contributed by atoms with van der Waals surface area (Å²) in [6.07, 6.45) is 0. The van der Waals surface area contributed by atoms with Crippen LogP contribution in [0.3, 0.4) is 0 Å². The Balaban J connectivity index is 1.47. The van der Waals surface area contributed by atoms with Gasteiger partial charge in [0.25, 0.3) is 5.91 Å². The summed E-state index contributed by atoms with van der Waals surface area (Å²) in [5.74, 6) is -0.497. The zero-order chi connectivity index (χ0) is 22.7. The highest BCUT2D eigenvalue weighted by molar-refractivity contribution is 7.20. The van der Waals surface area contributed by atoms with Crippen LogP contribution in [0.1, 0.15) is 26.5 Å². The molecule has 0 aliphatic carbocycles. The van der Waals surface area contributed by atoms with Gasteiger partial charge in [-0.15, -0.1) is 11.3 Å². The number of thiophene rings is 1. The summed E-state index contributed by atoms with van der Waals surface area (Å²) >= 11 is 7.62. The molecule has 1 amide bonds. The molecule has 2 aromatic heterocycles. The second kappa shape index (κ2) is 9.42. The largest absolute Gasteiger partial charge is 0.484 e. The Labute approximate surface area is 193 Å². The SMILES string of the molecule is Cc1nn(Cc2ccccc2Cl)c2sc(C(=O)OCc3cccc(OCC(N)=O)c3)cc12. The van der Waals surface area contributed by atoms with Crippen LogP contribution in [0.5, 0.6) is 5.75 Å². The van der Waals surface area contributed by atoms with Crippen LogP contribution in [0.2, 0.25) is 5.02 Å². The average Bonchev–Trinajstić information content (AvgIpc) is 3.34. The van der Waals surface area contributed by atoms with E-state index in [2.05, 4.69) is 5.10 Å². The number of aryl methyl sites for hydroxylation is 1. The van der Waals surface area contributed by atoms with Crippen molar-refractivity contribution in [3.05, 3.63) is 81.3 Å². The molecule has 0 aliphatic rings. The highest BCUT2D eigenvalue weighted by Gasteiger charge is 2.18. The normalized spacial score (nSPS) is 10.9. The maximum Gasteiger partial charge on any atom is 0.348 e. The van der Waals surface area contributed by atoms with E-state index < -0.39 is 11.9 Å². The molecule has 2 N–H and O–H groups in total. The molecule has 0 saturated heterocycles. The monoisotopic (exact) mass is 469 g/mol. The number of halogens is 1. The number of aromatic nitrogens is 2. The number of hydrogen-bond acceptors (Lipinski definition) is 6. The number of carbonyl (C=O) groups is 2. The van der Waals surface area contributed by atoms with Crippen LogP contribution in [0.4, 0.5) is 0 Å². The van der Waals surface area contributed by atoms with Crippen LogP contribution >= 0.6 is 22.9 Å². The first-order valence-electron chi connectivity index (χ1n) is 9.78. The topological polar surface area (TPSA) is 96.4 Å². The number of ether oxygens (including phenoxy) is 2. The molecule has 9 heteroatoms. The molecule has 164 valence electrons. The van der Waals surface area contributed by atoms with E-state index in [1.807, 2.05) is 35.9 Å². The highest BCUT2D eigenvalue weighted by Crippen LogP contribution is 2.30. The third-order valence-electron chi connectivity index (χ3n) is 4.74. The van der Waals surface area contributed by atoms with Gasteiger partial charge in [0.15, 0.2) is 6.61 Å². The summed E-state index contributed by atoms with van der Waals surface area (Å²) in [6.45, 7) is 2.28. The summed E-state index contributed by atoms with van der Waals surface area (Å²) in [7, 11) is 0. The molecule has 0 saturated carbocycles. The first-order chi connectivity index (χ1) is 15.4. The van der Waals surface area contributed by atoms with Gasteiger partial charge in [0.1, 0.15) is 22.1 Å². The van der Waals surface area contributed by atoms with E-state index >= 15 is 0 Å². The minimum absolute atomic E-state index is 0.0750. The quantitative estimate of drug-likeness (QED) is 0.387. The van der Waals surface area contributed by atoms with Gasteiger partial charge in [-0.25, -0.2) is 4.79 Å². The smallest absolute Gasteiger partial charge is 0.348 e. The van der Waals surface area contributed by atoms with Crippen molar-refractivity contribution in [3.63, 3.8) is 0 Å². The molecule has 0 fully saturated rings. The van der Waals surface area contributed by atoms with E-state index in [0.717, 1.165) is 27.0 Å². The van der Waals surface area contributed by atoms with E-state index in [9.17, 15) is 9.59 Å². The van der Waals surface area contributed by atoms with Gasteiger partial charge in [-0.2, -0.15) is 5.10 Å². The van der Waals surface area contributed by atoms with Crippen molar-refractivity contribution in [1.29, 1.82) is 0 Å². The van der Waals surface area contributed by atoms with Crippen molar-refractivity contribution < 1.29 is 19.1 Å². The highest BCUT2D eigenvalue weighted by atomic mass is 35.5. The van der Waals surface area contributed by atoms with Crippen molar-refractivity contribution in [2.75, 3.05) is 6.61 Å². The number of esters is 1. The van der Waals surface area contributed by atoms with Crippen LogP contribution in [0, 0.1) is 6.92 Å². The Hall–Kier alpha value is -3.36. The predicted octanol–water partition coefficient (Wildman–Crippen LogP) is 4.33. The lowest BCUT2D eigenvalue weighted by molar-refractivity contribution is -0.119. The number of rotatable bonds is 8. The molecule has 2 aromatic carbocycles. The van der Waals surface area contributed by atoms with Crippen LogP contribution in [0.15, 0.2) is 54.6 Å². The summed E-state index contributed by atoms with van der Waals surface area (Å²) in [6, 6.07) is 16.4. The summed E-state index contributed by atoms with van der Waals surface area (Å²) < 4.78 is 12.6. The van der Waals surface area contributed by atoms with Crippen molar-refractivity contribution in [2.45, 2.75) is 20.1 Å². The van der Waals surface area contributed by atoms with Crippen LogP contribution < -0.4 is 10.5 Å². The van der Waals surface area contributed by atoms with Crippen LogP contribution in [0.25, 0.3) is 10.2 Å². The maximum absolute atomic E-state index is 12.7. The van der Waals surface area contributed by atoms with E-state index in [1.165, 1.54) is 11.3 Å². The van der Waals surface area contributed by atoms with Crippen molar-refractivity contribution >= 4 is 45.0 Å². The molecule has 0 spiro atoms. The summed E-state index contributed by atoms with van der Waals surface area (Å²) in [5, 5.41) is 6.18. The maximum atomic E-state index is 12.7. The fraction of sp³-hybridized carbons (Fsp3) is 0.174. The third kappa shape index (κ3) is 4.92. The van der Waals surface area contributed by atoms with Crippen LogP contribution in [-0.4, -0.2) is 28.3 Å². The van der Waals surface area contributed by atoms with Gasteiger partial charge in [0, 0.05) is 10.4 Å². The zero-order valence-electron chi connectivity index (χ0n) is 17.2. The molecular formula is C23H20ClN3O4S. The van der Waals surface area contributed by atoms with Gasteiger partial charge in [0.2, 0.25) is 0 Å². The minimum Gasteiger partial charge on any atom is -0.484 e. The number of hydrogen-bond donors (Lipinski definition) is 1. The minimum atomic E-state index is -0.560. The van der Waals surface area contributed by atoms with E-state index in [-0.39, 0.29) is 13.2 Å². The molecule has 0 aliphatic heterocycles. The first-order valence-corrected chi connectivity index (χ1v) is 11.0. The number of benzene rings is 2. The lowest BCUT2D eigenvalue weighted by Gasteiger charge is -2.07. The number of nitrogens with two attached hydrogens (primary N) is 1.